The van der Waals surface area contributed by atoms with Crippen LogP contribution in [0.2, 0.25) is 0 Å². The summed E-state index contributed by atoms with van der Waals surface area (Å²) < 4.78 is 5.21. The summed E-state index contributed by atoms with van der Waals surface area (Å²) in [6, 6.07) is 8.01. The van der Waals surface area contributed by atoms with Gasteiger partial charge >= 0.3 is 0 Å². The average Bonchev–Trinajstić information content (AvgIpc) is 2.50. The molecule has 0 unspecified atom stereocenters. The van der Waals surface area contributed by atoms with E-state index in [1.54, 1.807) is 0 Å². The van der Waals surface area contributed by atoms with Gasteiger partial charge < -0.3 is 4.52 Å². The van der Waals surface area contributed by atoms with Crippen molar-refractivity contribution < 1.29 is 4.52 Å². The Kier molecular flexibility index (Phi) is 1.82. The molecule has 1 heterocycles. The van der Waals surface area contributed by atoms with Gasteiger partial charge in [0.05, 0.1) is 0 Å². The van der Waals surface area contributed by atoms with Crippen LogP contribution in [-0.4, -0.2) is 5.16 Å². The SMILES string of the molecule is CCCc1onc2ccccc12. The number of aromatic nitrogens is 1. The second kappa shape index (κ2) is 2.97. The zero-order chi connectivity index (χ0) is 8.39. The molecule has 0 spiro atoms. The Morgan fingerprint density at radius 3 is 3.00 bits per heavy atom. The van der Waals surface area contributed by atoms with Crippen LogP contribution >= 0.6 is 0 Å². The van der Waals surface area contributed by atoms with Crippen LogP contribution < -0.4 is 0 Å². The lowest BCUT2D eigenvalue weighted by molar-refractivity contribution is 0.390. The number of hydrogen-bond acceptors (Lipinski definition) is 2. The number of nitrogens with zero attached hydrogens (tertiary/aromatic N) is 1. The number of fused-ring (bicyclic) bond motifs is 1. The Hall–Kier alpha value is -1.31. The van der Waals surface area contributed by atoms with Crippen LogP contribution in [0.4, 0.5) is 0 Å². The second-order valence-corrected chi connectivity index (χ2v) is 2.87. The summed E-state index contributed by atoms with van der Waals surface area (Å²) in [6.07, 6.45) is 2.07. The van der Waals surface area contributed by atoms with Crippen molar-refractivity contribution in [2.24, 2.45) is 0 Å². The Bertz CT molecular complexity index is 378. The standard InChI is InChI=1S/C10H11NO/c1-2-5-10-8-6-3-4-7-9(8)11-12-10/h3-4,6-7H,2,5H2,1H3. The van der Waals surface area contributed by atoms with Gasteiger partial charge in [0.15, 0.2) is 0 Å². The number of hydrogen-bond donors (Lipinski definition) is 0. The summed E-state index contributed by atoms with van der Waals surface area (Å²) in [4.78, 5) is 0. The van der Waals surface area contributed by atoms with Crippen molar-refractivity contribution >= 4 is 10.9 Å². The summed E-state index contributed by atoms with van der Waals surface area (Å²) >= 11 is 0. The van der Waals surface area contributed by atoms with Gasteiger partial charge in [0, 0.05) is 11.8 Å². The first kappa shape index (κ1) is 7.35. The summed E-state index contributed by atoms with van der Waals surface area (Å²) in [7, 11) is 0. The fourth-order valence-corrected chi connectivity index (χ4v) is 1.35. The molecular formula is C10H11NO. The monoisotopic (exact) mass is 161 g/mol. The van der Waals surface area contributed by atoms with Gasteiger partial charge in [-0.3, -0.25) is 0 Å². The molecule has 0 aliphatic carbocycles. The zero-order valence-electron chi connectivity index (χ0n) is 7.08. The molecule has 0 N–H and O–H groups in total. The molecule has 2 rings (SSSR count). The highest BCUT2D eigenvalue weighted by molar-refractivity contribution is 5.80. The average molecular weight is 161 g/mol. The minimum atomic E-state index is 0.959. The van der Waals surface area contributed by atoms with Crippen LogP contribution in [0.25, 0.3) is 10.9 Å². The molecule has 0 bridgehead atoms. The van der Waals surface area contributed by atoms with Crippen molar-refractivity contribution in [3.05, 3.63) is 30.0 Å². The number of benzene rings is 1. The zero-order valence-corrected chi connectivity index (χ0v) is 7.08. The van der Waals surface area contributed by atoms with Gasteiger partial charge in [0.1, 0.15) is 11.3 Å². The Labute approximate surface area is 71.2 Å². The van der Waals surface area contributed by atoms with E-state index < -0.39 is 0 Å². The molecule has 0 radical (unpaired) electrons. The molecule has 0 amide bonds. The van der Waals surface area contributed by atoms with Gasteiger partial charge in [-0.1, -0.05) is 24.2 Å². The molecule has 0 aliphatic heterocycles. The molecule has 0 atom stereocenters. The predicted molar refractivity (Wildman–Crippen MR) is 48.0 cm³/mol. The third-order valence-electron chi connectivity index (χ3n) is 1.94. The highest BCUT2D eigenvalue weighted by Gasteiger charge is 2.04. The fraction of sp³-hybridized carbons (Fsp3) is 0.300. The molecule has 1 aromatic carbocycles. The fourth-order valence-electron chi connectivity index (χ4n) is 1.35. The van der Waals surface area contributed by atoms with E-state index in [0.29, 0.717) is 0 Å². The van der Waals surface area contributed by atoms with Gasteiger partial charge in [-0.15, -0.1) is 0 Å². The predicted octanol–water partition coefficient (Wildman–Crippen LogP) is 2.78. The van der Waals surface area contributed by atoms with E-state index in [9.17, 15) is 0 Å². The van der Waals surface area contributed by atoms with E-state index in [2.05, 4.69) is 18.1 Å². The van der Waals surface area contributed by atoms with E-state index in [-0.39, 0.29) is 0 Å². The molecule has 1 aromatic heterocycles. The number of rotatable bonds is 2. The molecule has 0 saturated heterocycles. The molecule has 2 nitrogen and oxygen atoms in total. The highest BCUT2D eigenvalue weighted by Crippen LogP contribution is 2.18. The minimum Gasteiger partial charge on any atom is -0.360 e. The maximum atomic E-state index is 5.21. The van der Waals surface area contributed by atoms with Crippen molar-refractivity contribution in [2.75, 3.05) is 0 Å². The van der Waals surface area contributed by atoms with E-state index in [0.717, 1.165) is 29.5 Å². The molecule has 62 valence electrons. The molecule has 0 aliphatic rings. The largest absolute Gasteiger partial charge is 0.360 e. The first-order valence-electron chi connectivity index (χ1n) is 4.25. The summed E-state index contributed by atoms with van der Waals surface area (Å²) in [5.74, 6) is 1.01. The molecular weight excluding hydrogens is 150 g/mol. The minimum absolute atomic E-state index is 0.959. The van der Waals surface area contributed by atoms with Crippen molar-refractivity contribution in [3.8, 4) is 0 Å². The first-order chi connectivity index (χ1) is 5.92. The molecule has 2 aromatic rings. The van der Waals surface area contributed by atoms with Crippen LogP contribution in [0, 0.1) is 0 Å². The maximum absolute atomic E-state index is 5.21. The van der Waals surface area contributed by atoms with E-state index in [4.69, 9.17) is 4.52 Å². The molecule has 2 heteroatoms. The highest BCUT2D eigenvalue weighted by atomic mass is 16.5. The maximum Gasteiger partial charge on any atom is 0.144 e. The van der Waals surface area contributed by atoms with Crippen molar-refractivity contribution in [1.29, 1.82) is 0 Å². The van der Waals surface area contributed by atoms with Crippen molar-refractivity contribution in [3.63, 3.8) is 0 Å². The van der Waals surface area contributed by atoms with Crippen molar-refractivity contribution in [2.45, 2.75) is 19.8 Å². The molecule has 0 fully saturated rings. The van der Waals surface area contributed by atoms with Crippen LogP contribution in [0.5, 0.6) is 0 Å². The third kappa shape index (κ3) is 1.09. The van der Waals surface area contributed by atoms with Crippen molar-refractivity contribution in [1.82, 2.24) is 5.16 Å². The lowest BCUT2D eigenvalue weighted by Crippen LogP contribution is -1.78. The third-order valence-corrected chi connectivity index (χ3v) is 1.94. The Morgan fingerprint density at radius 1 is 1.33 bits per heavy atom. The Morgan fingerprint density at radius 2 is 2.17 bits per heavy atom. The van der Waals surface area contributed by atoms with Crippen LogP contribution in [0.15, 0.2) is 28.8 Å². The van der Waals surface area contributed by atoms with Gasteiger partial charge in [0.25, 0.3) is 0 Å². The van der Waals surface area contributed by atoms with Gasteiger partial charge in [0.2, 0.25) is 0 Å². The first-order valence-corrected chi connectivity index (χ1v) is 4.25. The van der Waals surface area contributed by atoms with Gasteiger partial charge in [-0.05, 0) is 18.6 Å². The summed E-state index contributed by atoms with van der Waals surface area (Å²) in [5.41, 5.74) is 0.959. The number of aryl methyl sites for hydroxylation is 1. The smallest absolute Gasteiger partial charge is 0.144 e. The van der Waals surface area contributed by atoms with E-state index in [1.807, 2.05) is 18.2 Å². The van der Waals surface area contributed by atoms with Crippen LogP contribution in [0.3, 0.4) is 0 Å². The normalized spacial score (nSPS) is 10.8. The van der Waals surface area contributed by atoms with Crippen LogP contribution in [0.1, 0.15) is 19.1 Å². The summed E-state index contributed by atoms with van der Waals surface area (Å²) in [5, 5.41) is 5.11. The quantitative estimate of drug-likeness (QED) is 0.676. The van der Waals surface area contributed by atoms with E-state index in [1.165, 1.54) is 0 Å². The summed E-state index contributed by atoms with van der Waals surface area (Å²) in [6.45, 7) is 2.14. The van der Waals surface area contributed by atoms with E-state index >= 15 is 0 Å². The topological polar surface area (TPSA) is 26.0 Å². The second-order valence-electron chi connectivity index (χ2n) is 2.87. The van der Waals surface area contributed by atoms with Gasteiger partial charge in [-0.25, -0.2) is 0 Å². The Balaban J connectivity index is 2.55. The lowest BCUT2D eigenvalue weighted by Gasteiger charge is -1.89. The molecule has 12 heavy (non-hydrogen) atoms. The molecule has 0 saturated carbocycles. The van der Waals surface area contributed by atoms with Gasteiger partial charge in [-0.2, -0.15) is 0 Å². The lowest BCUT2D eigenvalue weighted by atomic mass is 10.1. The van der Waals surface area contributed by atoms with Crippen LogP contribution in [-0.2, 0) is 6.42 Å².